The van der Waals surface area contributed by atoms with Crippen molar-refractivity contribution in [3.05, 3.63) is 92.7 Å². The third kappa shape index (κ3) is 5.01. The summed E-state index contributed by atoms with van der Waals surface area (Å²) in [6, 6.07) is 13.1. The van der Waals surface area contributed by atoms with E-state index in [2.05, 4.69) is 20.8 Å². The summed E-state index contributed by atoms with van der Waals surface area (Å²) in [4.78, 5) is 48.3. The molecule has 1 aromatic heterocycles. The molecule has 0 spiro atoms. The summed E-state index contributed by atoms with van der Waals surface area (Å²) in [5, 5.41) is 24.5. The van der Waals surface area contributed by atoms with Crippen LogP contribution in [0.5, 0.6) is 0 Å². The zero-order valence-corrected chi connectivity index (χ0v) is 21.0. The zero-order valence-electron chi connectivity index (χ0n) is 21.0. The number of nitrogens with zero attached hydrogens (tertiary/aromatic N) is 4. The number of amides is 1. The number of rotatable bonds is 8. The van der Waals surface area contributed by atoms with Crippen LogP contribution >= 0.6 is 0 Å². The molecule has 39 heavy (non-hydrogen) atoms. The average Bonchev–Trinajstić information content (AvgIpc) is 3.40. The van der Waals surface area contributed by atoms with Gasteiger partial charge in [0.2, 0.25) is 0 Å². The van der Waals surface area contributed by atoms with E-state index in [9.17, 15) is 24.4 Å². The monoisotopic (exact) mass is 525 g/mol. The molecule has 1 amide bonds. The van der Waals surface area contributed by atoms with Gasteiger partial charge in [-0.3, -0.25) is 14.3 Å². The molecule has 5 rings (SSSR count). The first-order valence-electron chi connectivity index (χ1n) is 12.1. The molecule has 2 aromatic carbocycles. The molecule has 1 aliphatic heterocycles. The van der Waals surface area contributed by atoms with Gasteiger partial charge in [0.05, 0.1) is 17.8 Å². The molecule has 3 aromatic rings. The summed E-state index contributed by atoms with van der Waals surface area (Å²) < 4.78 is 7.50. The van der Waals surface area contributed by atoms with Gasteiger partial charge in [-0.25, -0.2) is 4.79 Å². The Balaban J connectivity index is 1.52. The van der Waals surface area contributed by atoms with Crippen LogP contribution in [0.1, 0.15) is 46.2 Å². The fraction of sp³-hybridized carbons (Fsp3) is 0.179. The fourth-order valence-electron chi connectivity index (χ4n) is 4.36. The molecule has 2 N–H and O–H groups in total. The quantitative estimate of drug-likeness (QED) is 0.216. The lowest BCUT2D eigenvalue weighted by atomic mass is 9.89. The largest absolute Gasteiger partial charge is 0.478 e. The van der Waals surface area contributed by atoms with Crippen molar-refractivity contribution in [2.75, 3.05) is 6.54 Å². The normalized spacial score (nSPS) is 11.3. The Labute approximate surface area is 221 Å². The second-order valence-electron chi connectivity index (χ2n) is 9.29. The van der Waals surface area contributed by atoms with Gasteiger partial charge in [0.15, 0.2) is 5.43 Å². The number of benzene rings is 3. The molecule has 0 radical (unpaired) electrons. The Kier molecular flexibility index (Phi) is 6.72. The molecule has 0 unspecified atom stereocenters. The maximum absolute atomic E-state index is 12.9. The molecular weight excluding hydrogens is 502 g/mol. The molecule has 0 saturated carbocycles. The van der Waals surface area contributed by atoms with Crippen LogP contribution < -0.4 is 10.7 Å². The number of carbonyl (C=O) groups is 2. The van der Waals surface area contributed by atoms with Crippen LogP contribution in [0, 0.1) is 4.91 Å². The number of fused-ring (bicyclic) bond motifs is 2. The molecule has 1 aliphatic carbocycles. The van der Waals surface area contributed by atoms with Gasteiger partial charge in [-0.2, -0.15) is 0 Å². The van der Waals surface area contributed by atoms with E-state index in [-0.39, 0.29) is 46.0 Å². The molecule has 0 fully saturated rings. The van der Waals surface area contributed by atoms with Crippen molar-refractivity contribution in [1.29, 1.82) is 0 Å². The lowest BCUT2D eigenvalue weighted by Gasteiger charge is -2.17. The third-order valence-electron chi connectivity index (χ3n) is 6.34. The minimum absolute atomic E-state index is 0.113. The second kappa shape index (κ2) is 10.3. The van der Waals surface area contributed by atoms with Crippen LogP contribution in [0.3, 0.4) is 0 Å². The Hall–Kier alpha value is -5.19. The van der Waals surface area contributed by atoms with Crippen molar-refractivity contribution in [1.82, 2.24) is 20.3 Å². The maximum atomic E-state index is 12.9. The van der Waals surface area contributed by atoms with Crippen LogP contribution in [0.4, 0.5) is 5.69 Å². The number of carboxylic acids is 1. The third-order valence-corrected chi connectivity index (χ3v) is 6.34. The van der Waals surface area contributed by atoms with E-state index in [0.29, 0.717) is 28.6 Å². The number of carbonyl (C=O) groups excluding carboxylic acids is 1. The Morgan fingerprint density at radius 2 is 1.87 bits per heavy atom. The number of carboxylic acid groups (broad SMARTS) is 1. The van der Waals surface area contributed by atoms with Crippen LogP contribution in [-0.4, -0.2) is 38.5 Å². The molecule has 0 atom stereocenters. The first kappa shape index (κ1) is 25.5. The van der Waals surface area contributed by atoms with Gasteiger partial charge in [0.25, 0.3) is 5.91 Å². The Bertz CT molecular complexity index is 1770. The van der Waals surface area contributed by atoms with E-state index in [4.69, 9.17) is 4.42 Å². The van der Waals surface area contributed by atoms with Gasteiger partial charge >= 0.3 is 5.97 Å². The SMILES string of the molecule is CC(C)c1cn(CCNC(=O)c2ccc(-c3c4ccc(=O)cc-4oc4cc(N=O)ccc34)c(C(=O)O)c2)nn1. The van der Waals surface area contributed by atoms with E-state index in [1.54, 1.807) is 22.9 Å². The fourth-order valence-corrected chi connectivity index (χ4v) is 4.36. The topological polar surface area (TPSA) is 157 Å². The minimum atomic E-state index is -1.24. The summed E-state index contributed by atoms with van der Waals surface area (Å²) in [6.07, 6.45) is 1.82. The number of hydrogen-bond acceptors (Lipinski definition) is 8. The van der Waals surface area contributed by atoms with Gasteiger partial charge in [0.1, 0.15) is 17.0 Å². The number of nitrogens with one attached hydrogen (secondary N) is 1. The highest BCUT2D eigenvalue weighted by Crippen LogP contribution is 2.42. The van der Waals surface area contributed by atoms with Crippen LogP contribution in [0.25, 0.3) is 33.4 Å². The van der Waals surface area contributed by atoms with Gasteiger partial charge in [-0.15, -0.1) is 10.0 Å². The molecule has 196 valence electrons. The first-order chi connectivity index (χ1) is 18.7. The van der Waals surface area contributed by atoms with Crippen molar-refractivity contribution >= 4 is 28.5 Å². The summed E-state index contributed by atoms with van der Waals surface area (Å²) in [5.41, 5.74) is 2.29. The van der Waals surface area contributed by atoms with Crippen molar-refractivity contribution in [2.24, 2.45) is 5.18 Å². The zero-order chi connectivity index (χ0) is 27.7. The molecular formula is C28H23N5O6. The molecule has 0 bridgehead atoms. The number of aromatic carboxylic acids is 1. The summed E-state index contributed by atoms with van der Waals surface area (Å²) in [5.74, 6) is -1.22. The van der Waals surface area contributed by atoms with E-state index >= 15 is 0 Å². The van der Waals surface area contributed by atoms with Gasteiger partial charge in [-0.1, -0.05) is 25.1 Å². The molecule has 2 aliphatic rings. The van der Waals surface area contributed by atoms with Gasteiger partial charge in [-0.05, 0) is 53.1 Å². The molecule has 11 nitrogen and oxygen atoms in total. The predicted molar refractivity (Wildman–Crippen MR) is 143 cm³/mol. The number of nitroso groups, excluding NO2 is 1. The lowest BCUT2D eigenvalue weighted by Crippen LogP contribution is -2.27. The highest BCUT2D eigenvalue weighted by atomic mass is 16.4. The molecule has 2 heterocycles. The van der Waals surface area contributed by atoms with Crippen molar-refractivity contribution in [3.63, 3.8) is 0 Å². The van der Waals surface area contributed by atoms with Gasteiger partial charge in [0, 0.05) is 47.0 Å². The number of aromatic nitrogens is 3. The van der Waals surface area contributed by atoms with Crippen LogP contribution in [-0.2, 0) is 6.54 Å². The van der Waals surface area contributed by atoms with E-state index in [0.717, 1.165) is 5.69 Å². The average molecular weight is 526 g/mol. The standard InChI is InChI=1S/C28H23N5O6/c1-15(2)23-14-33(32-30-23)10-9-29-27(35)16-3-6-19(22(11-16)28(36)37)26-20-7-4-17(31-38)12-24(20)39-25-13-18(34)5-8-21(25)26/h3-8,11-15H,9-10H2,1-2H3,(H,29,35)(H,36,37). The van der Waals surface area contributed by atoms with E-state index < -0.39 is 11.9 Å². The van der Waals surface area contributed by atoms with Crippen LogP contribution in [0.2, 0.25) is 0 Å². The van der Waals surface area contributed by atoms with Gasteiger partial charge < -0.3 is 14.8 Å². The number of hydrogen-bond donors (Lipinski definition) is 2. The maximum Gasteiger partial charge on any atom is 0.336 e. The Morgan fingerprint density at radius 1 is 1.08 bits per heavy atom. The van der Waals surface area contributed by atoms with Crippen LogP contribution in [0.15, 0.2) is 75.2 Å². The predicted octanol–water partition coefficient (Wildman–Crippen LogP) is 4.81. The lowest BCUT2D eigenvalue weighted by molar-refractivity contribution is 0.0697. The van der Waals surface area contributed by atoms with Crippen molar-refractivity contribution in [3.8, 4) is 22.5 Å². The van der Waals surface area contributed by atoms with E-state index in [1.807, 2.05) is 20.0 Å². The smallest absolute Gasteiger partial charge is 0.336 e. The first-order valence-corrected chi connectivity index (χ1v) is 12.1. The van der Waals surface area contributed by atoms with Crippen molar-refractivity contribution in [2.45, 2.75) is 26.3 Å². The molecule has 0 saturated heterocycles. The van der Waals surface area contributed by atoms with Crippen molar-refractivity contribution < 1.29 is 19.1 Å². The highest BCUT2D eigenvalue weighted by Gasteiger charge is 2.23. The minimum Gasteiger partial charge on any atom is -0.478 e. The summed E-state index contributed by atoms with van der Waals surface area (Å²) in [7, 11) is 0. The molecule has 11 heteroatoms. The summed E-state index contributed by atoms with van der Waals surface area (Å²) in [6.45, 7) is 4.69. The second-order valence-corrected chi connectivity index (χ2v) is 9.29. The van der Waals surface area contributed by atoms with E-state index in [1.165, 1.54) is 36.4 Å². The Morgan fingerprint density at radius 3 is 2.59 bits per heavy atom. The highest BCUT2D eigenvalue weighted by molar-refractivity contribution is 6.09. The summed E-state index contributed by atoms with van der Waals surface area (Å²) >= 11 is 0.